The Morgan fingerprint density at radius 1 is 1.58 bits per heavy atom. The summed E-state index contributed by atoms with van der Waals surface area (Å²) in [6.45, 7) is 8.85. The van der Waals surface area contributed by atoms with Gasteiger partial charge in [0.2, 0.25) is 0 Å². The predicted molar refractivity (Wildman–Crippen MR) is 104 cm³/mol. The number of allylic oxidation sites excluding steroid dienone is 1. The van der Waals surface area contributed by atoms with Gasteiger partial charge in [-0.1, -0.05) is 31.7 Å². The van der Waals surface area contributed by atoms with E-state index in [1.54, 1.807) is 10.6 Å². The molecule has 1 atom stereocenters. The van der Waals surface area contributed by atoms with Crippen LogP contribution in [0.3, 0.4) is 0 Å². The van der Waals surface area contributed by atoms with Crippen LogP contribution in [0.25, 0.3) is 10.2 Å². The first kappa shape index (κ1) is 19.1. The van der Waals surface area contributed by atoms with Gasteiger partial charge in [-0.2, -0.15) is 0 Å². The summed E-state index contributed by atoms with van der Waals surface area (Å²) in [7, 11) is 1.34. The van der Waals surface area contributed by atoms with Gasteiger partial charge in [-0.25, -0.2) is 4.98 Å². The Kier molecular flexibility index (Phi) is 5.84. The maximum absolute atomic E-state index is 13.2. The lowest BCUT2D eigenvalue weighted by Crippen LogP contribution is -2.28. The Morgan fingerprint density at radius 2 is 2.35 bits per heavy atom. The van der Waals surface area contributed by atoms with Gasteiger partial charge in [-0.15, -0.1) is 17.9 Å². The molecule has 0 bridgehead atoms. The van der Waals surface area contributed by atoms with Gasteiger partial charge in [0.25, 0.3) is 5.56 Å². The van der Waals surface area contributed by atoms with E-state index in [-0.39, 0.29) is 23.4 Å². The summed E-state index contributed by atoms with van der Waals surface area (Å²) in [6, 6.07) is 0. The van der Waals surface area contributed by atoms with Gasteiger partial charge in [0, 0.05) is 17.8 Å². The van der Waals surface area contributed by atoms with Crippen molar-refractivity contribution in [3.63, 3.8) is 0 Å². The van der Waals surface area contributed by atoms with E-state index in [1.165, 1.54) is 30.2 Å². The molecule has 8 heteroatoms. The number of hydrogen-bond acceptors (Lipinski definition) is 7. The van der Waals surface area contributed by atoms with Gasteiger partial charge in [-0.3, -0.25) is 14.2 Å². The third-order valence-electron chi connectivity index (χ3n) is 4.40. The molecule has 0 amide bonds. The van der Waals surface area contributed by atoms with Crippen molar-refractivity contribution in [2.75, 3.05) is 12.9 Å². The second-order valence-corrected chi connectivity index (χ2v) is 8.47. The Labute approximate surface area is 160 Å². The molecule has 0 unspecified atom stereocenters. The van der Waals surface area contributed by atoms with Crippen LogP contribution in [0, 0.1) is 5.92 Å². The van der Waals surface area contributed by atoms with Crippen LogP contribution in [0.5, 0.6) is 0 Å². The van der Waals surface area contributed by atoms with Crippen LogP contribution in [-0.2, 0) is 33.8 Å². The Morgan fingerprint density at radius 3 is 3.00 bits per heavy atom. The molecule has 0 radical (unpaired) electrons. The molecule has 0 N–H and O–H groups in total. The summed E-state index contributed by atoms with van der Waals surface area (Å²) in [4.78, 5) is 31.1. The quantitative estimate of drug-likeness (QED) is 0.325. The van der Waals surface area contributed by atoms with Gasteiger partial charge in [-0.05, 0) is 11.5 Å². The van der Waals surface area contributed by atoms with E-state index in [4.69, 9.17) is 4.74 Å². The monoisotopic (exact) mass is 394 g/mol. The standard InChI is InChI=1S/C18H22N2O4S2/c1-5-6-20-17(22)15-11-7-12(10(2)3)24-8-13(11)26-16(15)19-18(20)25-9-14(21)23-4/h5,10,12H,1,6-9H2,2-4H3/t12-/m0/s1. The van der Waals surface area contributed by atoms with Crippen LogP contribution in [0.4, 0.5) is 0 Å². The highest BCUT2D eigenvalue weighted by Gasteiger charge is 2.28. The SMILES string of the molecule is C=CCn1c(SCC(=O)OC)nc2sc3c(c2c1=O)C[C@@H](C(C)C)OC3. The highest BCUT2D eigenvalue weighted by Crippen LogP contribution is 2.35. The lowest BCUT2D eigenvalue weighted by Gasteiger charge is -2.26. The average molecular weight is 395 g/mol. The van der Waals surface area contributed by atoms with Crippen LogP contribution in [0.15, 0.2) is 22.6 Å². The van der Waals surface area contributed by atoms with E-state index < -0.39 is 0 Å². The summed E-state index contributed by atoms with van der Waals surface area (Å²) < 4.78 is 12.2. The highest BCUT2D eigenvalue weighted by molar-refractivity contribution is 7.99. The molecule has 0 fully saturated rings. The molecule has 0 aromatic carbocycles. The molecule has 0 spiro atoms. The van der Waals surface area contributed by atoms with Crippen molar-refractivity contribution in [3.05, 3.63) is 33.4 Å². The minimum Gasteiger partial charge on any atom is -0.468 e. The van der Waals surface area contributed by atoms with Gasteiger partial charge < -0.3 is 9.47 Å². The number of carbonyl (C=O) groups is 1. The molecular formula is C18H22N2O4S2. The van der Waals surface area contributed by atoms with E-state index in [0.717, 1.165) is 16.9 Å². The van der Waals surface area contributed by atoms with Crippen molar-refractivity contribution in [2.24, 2.45) is 5.92 Å². The maximum atomic E-state index is 13.2. The molecule has 0 saturated heterocycles. The van der Waals surface area contributed by atoms with Gasteiger partial charge in [0.15, 0.2) is 5.16 Å². The zero-order valence-electron chi connectivity index (χ0n) is 15.1. The molecule has 1 aliphatic rings. The number of esters is 1. The van der Waals surface area contributed by atoms with Gasteiger partial charge in [0.05, 0.1) is 31.0 Å². The molecule has 140 valence electrons. The minimum atomic E-state index is -0.354. The Balaban J connectivity index is 2.09. The summed E-state index contributed by atoms with van der Waals surface area (Å²) >= 11 is 2.71. The van der Waals surface area contributed by atoms with Crippen molar-refractivity contribution in [1.82, 2.24) is 9.55 Å². The molecule has 1 aliphatic heterocycles. The van der Waals surface area contributed by atoms with Crippen molar-refractivity contribution >= 4 is 39.3 Å². The highest BCUT2D eigenvalue weighted by atomic mass is 32.2. The van der Waals surface area contributed by atoms with E-state index in [9.17, 15) is 9.59 Å². The van der Waals surface area contributed by atoms with Gasteiger partial charge >= 0.3 is 5.97 Å². The Hall–Kier alpha value is -1.64. The second kappa shape index (κ2) is 7.94. The van der Waals surface area contributed by atoms with Crippen molar-refractivity contribution in [2.45, 2.75) is 44.7 Å². The van der Waals surface area contributed by atoms with Crippen LogP contribution in [0.2, 0.25) is 0 Å². The number of ether oxygens (including phenoxy) is 2. The zero-order valence-corrected chi connectivity index (χ0v) is 16.7. The zero-order chi connectivity index (χ0) is 18.8. The molecule has 0 saturated carbocycles. The number of hydrogen-bond donors (Lipinski definition) is 0. The normalized spacial score (nSPS) is 16.7. The van der Waals surface area contributed by atoms with Gasteiger partial charge in [0.1, 0.15) is 4.83 Å². The van der Waals surface area contributed by atoms with Crippen LogP contribution >= 0.6 is 23.1 Å². The minimum absolute atomic E-state index is 0.0795. The van der Waals surface area contributed by atoms with Crippen molar-refractivity contribution in [3.8, 4) is 0 Å². The number of fused-ring (bicyclic) bond motifs is 3. The fraction of sp³-hybridized carbons (Fsp3) is 0.500. The van der Waals surface area contributed by atoms with Crippen molar-refractivity contribution < 1.29 is 14.3 Å². The van der Waals surface area contributed by atoms with Crippen LogP contribution < -0.4 is 5.56 Å². The smallest absolute Gasteiger partial charge is 0.316 e. The molecule has 0 aliphatic carbocycles. The molecule has 6 nitrogen and oxygen atoms in total. The van der Waals surface area contributed by atoms with E-state index in [2.05, 4.69) is 30.1 Å². The molecule has 26 heavy (non-hydrogen) atoms. The predicted octanol–water partition coefficient (Wildman–Crippen LogP) is 3.01. The molecular weight excluding hydrogens is 372 g/mol. The Bertz CT molecular complexity index is 901. The topological polar surface area (TPSA) is 70.4 Å². The molecule has 3 heterocycles. The fourth-order valence-corrected chi connectivity index (χ4v) is 4.96. The first-order valence-electron chi connectivity index (χ1n) is 8.43. The molecule has 3 rings (SSSR count). The first-order chi connectivity index (χ1) is 12.5. The summed E-state index contributed by atoms with van der Waals surface area (Å²) in [6.07, 6.45) is 2.50. The number of carbonyl (C=O) groups excluding carboxylic acids is 1. The lowest BCUT2D eigenvalue weighted by molar-refractivity contribution is -0.137. The first-order valence-corrected chi connectivity index (χ1v) is 10.2. The third-order valence-corrected chi connectivity index (χ3v) is 6.44. The largest absolute Gasteiger partial charge is 0.468 e. The number of rotatable bonds is 6. The number of aromatic nitrogens is 2. The third kappa shape index (κ3) is 3.58. The van der Waals surface area contributed by atoms with E-state index >= 15 is 0 Å². The maximum Gasteiger partial charge on any atom is 0.316 e. The van der Waals surface area contributed by atoms with Crippen LogP contribution in [-0.4, -0.2) is 34.5 Å². The summed E-state index contributed by atoms with van der Waals surface area (Å²) in [5.41, 5.74) is 0.985. The number of thioether (sulfide) groups is 1. The second-order valence-electron chi connectivity index (χ2n) is 6.45. The summed E-state index contributed by atoms with van der Waals surface area (Å²) in [5.74, 6) is 0.138. The van der Waals surface area contributed by atoms with E-state index in [0.29, 0.717) is 34.4 Å². The number of nitrogens with zero attached hydrogens (tertiary/aromatic N) is 2. The average Bonchev–Trinajstić information content (AvgIpc) is 2.99. The molecule has 2 aromatic rings. The molecule has 2 aromatic heterocycles. The van der Waals surface area contributed by atoms with Crippen molar-refractivity contribution in [1.29, 1.82) is 0 Å². The van der Waals surface area contributed by atoms with Crippen LogP contribution in [0.1, 0.15) is 24.3 Å². The van der Waals surface area contributed by atoms with E-state index in [1.807, 2.05) is 0 Å². The number of thiophene rings is 1. The summed E-state index contributed by atoms with van der Waals surface area (Å²) in [5, 5.41) is 1.19. The lowest BCUT2D eigenvalue weighted by atomic mass is 9.96. The fourth-order valence-electron chi connectivity index (χ4n) is 2.95. The number of methoxy groups -OCH3 is 1.